The molecule has 0 bridgehead atoms. The van der Waals surface area contributed by atoms with Gasteiger partial charge in [-0.25, -0.2) is 0 Å². The molecule has 0 aliphatic rings. The van der Waals surface area contributed by atoms with E-state index in [1.54, 1.807) is 6.08 Å². The van der Waals surface area contributed by atoms with Gasteiger partial charge < -0.3 is 5.32 Å². The molecular formula is C13H16BrNO. The van der Waals surface area contributed by atoms with Crippen LogP contribution < -0.4 is 5.32 Å². The monoisotopic (exact) mass is 281 g/mol. The molecule has 86 valence electrons. The summed E-state index contributed by atoms with van der Waals surface area (Å²) in [5.74, 6) is -0.0320. The third-order valence-electron chi connectivity index (χ3n) is 2.27. The maximum atomic E-state index is 11.8. The molecule has 0 saturated heterocycles. The molecular weight excluding hydrogens is 266 g/mol. The maximum Gasteiger partial charge on any atom is 0.251 e. The molecule has 1 aromatic rings. The van der Waals surface area contributed by atoms with Crippen LogP contribution in [0.5, 0.6) is 0 Å². The first-order valence-electron chi connectivity index (χ1n) is 5.24. The Hall–Kier alpha value is -1.09. The number of rotatable bonds is 5. The van der Waals surface area contributed by atoms with Crippen LogP contribution in [0.3, 0.4) is 0 Å². The summed E-state index contributed by atoms with van der Waals surface area (Å²) in [6.45, 7) is 5.61. The fourth-order valence-electron chi connectivity index (χ4n) is 1.36. The second-order valence-electron chi connectivity index (χ2n) is 3.73. The molecule has 0 aromatic heterocycles. The highest BCUT2D eigenvalue weighted by Crippen LogP contribution is 2.08. The highest BCUT2D eigenvalue weighted by molar-refractivity contribution is 9.08. The summed E-state index contributed by atoms with van der Waals surface area (Å²) < 4.78 is 0. The molecule has 1 aromatic carbocycles. The number of carbonyl (C=O) groups excluding carboxylic acids is 1. The lowest BCUT2D eigenvalue weighted by Gasteiger charge is -2.11. The molecule has 0 aliphatic heterocycles. The molecule has 3 heteroatoms. The zero-order chi connectivity index (χ0) is 12.0. The van der Waals surface area contributed by atoms with Crippen molar-refractivity contribution in [1.82, 2.24) is 5.32 Å². The molecule has 1 amide bonds. The zero-order valence-corrected chi connectivity index (χ0v) is 11.0. The van der Waals surface area contributed by atoms with E-state index in [0.29, 0.717) is 5.56 Å². The molecule has 0 radical (unpaired) electrons. The first kappa shape index (κ1) is 13.0. The lowest BCUT2D eigenvalue weighted by molar-refractivity contribution is 0.0940. The SMILES string of the molecule is C=CCC(C)NC(=O)c1ccc(CBr)cc1. The average molecular weight is 282 g/mol. The Morgan fingerprint density at radius 1 is 1.50 bits per heavy atom. The number of hydrogen-bond acceptors (Lipinski definition) is 1. The Kier molecular flexibility index (Phi) is 5.26. The van der Waals surface area contributed by atoms with E-state index >= 15 is 0 Å². The minimum absolute atomic E-state index is 0.0320. The molecule has 0 fully saturated rings. The largest absolute Gasteiger partial charge is 0.349 e. The van der Waals surface area contributed by atoms with Crippen LogP contribution in [0, 0.1) is 0 Å². The van der Waals surface area contributed by atoms with Crippen LogP contribution in [0.4, 0.5) is 0 Å². The van der Waals surface area contributed by atoms with Gasteiger partial charge >= 0.3 is 0 Å². The summed E-state index contributed by atoms with van der Waals surface area (Å²) in [5, 5.41) is 3.72. The van der Waals surface area contributed by atoms with E-state index in [1.807, 2.05) is 31.2 Å². The predicted octanol–water partition coefficient (Wildman–Crippen LogP) is 3.28. The van der Waals surface area contributed by atoms with E-state index in [9.17, 15) is 4.79 Å². The Bertz CT molecular complexity index is 359. The van der Waals surface area contributed by atoms with Gasteiger partial charge in [-0.1, -0.05) is 34.1 Å². The lowest BCUT2D eigenvalue weighted by Crippen LogP contribution is -2.32. The molecule has 0 heterocycles. The van der Waals surface area contributed by atoms with Crippen LogP contribution in [0.1, 0.15) is 29.3 Å². The first-order chi connectivity index (χ1) is 7.67. The molecule has 2 nitrogen and oxygen atoms in total. The normalized spacial score (nSPS) is 11.9. The Morgan fingerprint density at radius 3 is 2.62 bits per heavy atom. The zero-order valence-electron chi connectivity index (χ0n) is 9.37. The van der Waals surface area contributed by atoms with Crippen molar-refractivity contribution in [3.05, 3.63) is 48.0 Å². The number of carbonyl (C=O) groups is 1. The van der Waals surface area contributed by atoms with Crippen molar-refractivity contribution in [2.24, 2.45) is 0 Å². The molecule has 0 spiro atoms. The Labute approximate surface area is 105 Å². The highest BCUT2D eigenvalue weighted by atomic mass is 79.9. The van der Waals surface area contributed by atoms with Crippen LogP contribution in [-0.2, 0) is 5.33 Å². The number of amides is 1. The maximum absolute atomic E-state index is 11.8. The van der Waals surface area contributed by atoms with Crippen molar-refractivity contribution in [1.29, 1.82) is 0 Å². The second-order valence-corrected chi connectivity index (χ2v) is 4.29. The minimum atomic E-state index is -0.0320. The van der Waals surface area contributed by atoms with Crippen molar-refractivity contribution < 1.29 is 4.79 Å². The van der Waals surface area contributed by atoms with Gasteiger partial charge in [0, 0.05) is 16.9 Å². The van der Waals surface area contributed by atoms with E-state index in [2.05, 4.69) is 27.8 Å². The minimum Gasteiger partial charge on any atom is -0.349 e. The summed E-state index contributed by atoms with van der Waals surface area (Å²) in [4.78, 5) is 11.8. The fraction of sp³-hybridized carbons (Fsp3) is 0.308. The number of halogens is 1. The summed E-state index contributed by atoms with van der Waals surface area (Å²) in [5.41, 5.74) is 1.86. The van der Waals surface area contributed by atoms with Gasteiger partial charge in [-0.15, -0.1) is 6.58 Å². The van der Waals surface area contributed by atoms with Crippen molar-refractivity contribution in [2.75, 3.05) is 0 Å². The van der Waals surface area contributed by atoms with Crippen LogP contribution in [-0.4, -0.2) is 11.9 Å². The summed E-state index contributed by atoms with van der Waals surface area (Å²) in [7, 11) is 0. The smallest absolute Gasteiger partial charge is 0.251 e. The number of benzene rings is 1. The van der Waals surface area contributed by atoms with E-state index in [1.165, 1.54) is 0 Å². The number of nitrogens with one attached hydrogen (secondary N) is 1. The molecule has 1 N–H and O–H groups in total. The number of alkyl halides is 1. The Morgan fingerprint density at radius 2 is 2.12 bits per heavy atom. The van der Waals surface area contributed by atoms with Crippen molar-refractivity contribution in [2.45, 2.75) is 24.7 Å². The second kappa shape index (κ2) is 6.48. The van der Waals surface area contributed by atoms with Gasteiger partial charge in [-0.2, -0.15) is 0 Å². The van der Waals surface area contributed by atoms with Crippen LogP contribution >= 0.6 is 15.9 Å². The third-order valence-corrected chi connectivity index (χ3v) is 2.92. The van der Waals surface area contributed by atoms with Gasteiger partial charge in [0.25, 0.3) is 5.91 Å². The standard InChI is InChI=1S/C13H16BrNO/c1-3-4-10(2)15-13(16)12-7-5-11(9-14)6-8-12/h3,5-8,10H,1,4,9H2,2H3,(H,15,16). The quantitative estimate of drug-likeness (QED) is 0.651. The van der Waals surface area contributed by atoms with Gasteiger partial charge in [0.15, 0.2) is 0 Å². The van der Waals surface area contributed by atoms with Gasteiger partial charge in [0.05, 0.1) is 0 Å². The third kappa shape index (κ3) is 3.81. The van der Waals surface area contributed by atoms with Crippen molar-refractivity contribution >= 4 is 21.8 Å². The Balaban J connectivity index is 2.62. The molecule has 1 unspecified atom stereocenters. The summed E-state index contributed by atoms with van der Waals surface area (Å²) in [6.07, 6.45) is 2.59. The fourth-order valence-corrected chi connectivity index (χ4v) is 1.74. The predicted molar refractivity (Wildman–Crippen MR) is 70.8 cm³/mol. The van der Waals surface area contributed by atoms with Crippen LogP contribution in [0.25, 0.3) is 0 Å². The summed E-state index contributed by atoms with van der Waals surface area (Å²) >= 11 is 3.37. The van der Waals surface area contributed by atoms with Gasteiger partial charge in [0.2, 0.25) is 0 Å². The number of hydrogen-bond donors (Lipinski definition) is 1. The van der Waals surface area contributed by atoms with Crippen LogP contribution in [0.2, 0.25) is 0 Å². The summed E-state index contributed by atoms with van der Waals surface area (Å²) in [6, 6.07) is 7.70. The molecule has 16 heavy (non-hydrogen) atoms. The van der Waals surface area contributed by atoms with E-state index < -0.39 is 0 Å². The van der Waals surface area contributed by atoms with E-state index in [0.717, 1.165) is 17.3 Å². The molecule has 0 saturated carbocycles. The average Bonchev–Trinajstić information content (AvgIpc) is 2.29. The highest BCUT2D eigenvalue weighted by Gasteiger charge is 2.07. The van der Waals surface area contributed by atoms with E-state index in [4.69, 9.17) is 0 Å². The van der Waals surface area contributed by atoms with Crippen LogP contribution in [0.15, 0.2) is 36.9 Å². The molecule has 1 rings (SSSR count). The lowest BCUT2D eigenvalue weighted by atomic mass is 10.1. The molecule has 1 atom stereocenters. The topological polar surface area (TPSA) is 29.1 Å². The first-order valence-corrected chi connectivity index (χ1v) is 6.36. The van der Waals surface area contributed by atoms with Gasteiger partial charge in [0.1, 0.15) is 0 Å². The van der Waals surface area contributed by atoms with Gasteiger partial charge in [-0.3, -0.25) is 4.79 Å². The van der Waals surface area contributed by atoms with Gasteiger partial charge in [-0.05, 0) is 31.0 Å². The van der Waals surface area contributed by atoms with Crippen molar-refractivity contribution in [3.63, 3.8) is 0 Å². The van der Waals surface area contributed by atoms with E-state index in [-0.39, 0.29) is 11.9 Å². The van der Waals surface area contributed by atoms with Crippen molar-refractivity contribution in [3.8, 4) is 0 Å². The molecule has 0 aliphatic carbocycles.